The minimum atomic E-state index is 0.462. The maximum atomic E-state index is 5.44. The number of benzene rings is 8. The van der Waals surface area contributed by atoms with E-state index in [-0.39, 0.29) is 0 Å². The summed E-state index contributed by atoms with van der Waals surface area (Å²) in [7, 11) is 0. The Morgan fingerprint density at radius 3 is 2.12 bits per heavy atom. The third-order valence-corrected chi connectivity index (χ3v) is 12.3. The number of allylic oxidation sites excluding steroid dienone is 1. The summed E-state index contributed by atoms with van der Waals surface area (Å²) < 4.78 is 4.83. The van der Waals surface area contributed by atoms with Gasteiger partial charge in [0.2, 0.25) is 0 Å². The number of rotatable bonds is 6. The van der Waals surface area contributed by atoms with Gasteiger partial charge >= 0.3 is 0 Å². The van der Waals surface area contributed by atoms with Crippen LogP contribution in [0.25, 0.3) is 87.9 Å². The number of aryl methyl sites for hydroxylation is 1. The van der Waals surface area contributed by atoms with Crippen LogP contribution in [-0.4, -0.2) is 21.4 Å². The summed E-state index contributed by atoms with van der Waals surface area (Å²) in [5.74, 6) is 0. The van der Waals surface area contributed by atoms with Crippen molar-refractivity contribution in [2.75, 3.05) is 0 Å². The van der Waals surface area contributed by atoms with E-state index in [1.165, 1.54) is 81.9 Å². The zero-order chi connectivity index (χ0) is 37.6. The van der Waals surface area contributed by atoms with Gasteiger partial charge in [-0.05, 0) is 107 Å². The molecule has 3 heterocycles. The first-order valence-electron chi connectivity index (χ1n) is 19.7. The van der Waals surface area contributed by atoms with Gasteiger partial charge in [0.1, 0.15) is 6.67 Å². The average molecular weight is 729 g/mol. The molecular formula is C53H36N4. The molecule has 0 unspecified atom stereocenters. The van der Waals surface area contributed by atoms with E-state index in [2.05, 4.69) is 178 Å². The number of aliphatic imine (C=N–C) groups is 2. The molecule has 0 fully saturated rings. The molecule has 0 bridgehead atoms. The van der Waals surface area contributed by atoms with Gasteiger partial charge in [0.05, 0.1) is 39.0 Å². The van der Waals surface area contributed by atoms with E-state index in [1.807, 2.05) is 12.1 Å². The van der Waals surface area contributed by atoms with E-state index in [4.69, 9.17) is 4.99 Å². The molecule has 8 aromatic carbocycles. The van der Waals surface area contributed by atoms with E-state index < -0.39 is 0 Å². The third kappa shape index (κ3) is 4.74. The van der Waals surface area contributed by atoms with Gasteiger partial charge in [-0.3, -0.25) is 9.98 Å². The molecule has 12 rings (SSSR count). The molecule has 0 N–H and O–H groups in total. The first-order valence-corrected chi connectivity index (χ1v) is 19.7. The maximum absolute atomic E-state index is 5.44. The largest absolute Gasteiger partial charge is 0.320 e. The Labute approximate surface area is 329 Å². The lowest BCUT2D eigenvalue weighted by atomic mass is 9.92. The molecule has 1 aliphatic rings. The second-order valence-electron chi connectivity index (χ2n) is 15.3. The molecule has 3 aromatic heterocycles. The van der Waals surface area contributed by atoms with Crippen LogP contribution in [0.2, 0.25) is 0 Å². The predicted molar refractivity (Wildman–Crippen MR) is 242 cm³/mol. The Morgan fingerprint density at radius 2 is 1.26 bits per heavy atom. The summed E-state index contributed by atoms with van der Waals surface area (Å²) in [6, 6.07) is 57.6. The van der Waals surface area contributed by atoms with Crippen molar-refractivity contribution in [3.8, 4) is 11.1 Å². The first kappa shape index (κ1) is 32.0. The minimum Gasteiger partial charge on any atom is -0.320 e. The zero-order valence-corrected chi connectivity index (χ0v) is 31.3. The van der Waals surface area contributed by atoms with Crippen LogP contribution in [0.5, 0.6) is 0 Å². The Morgan fingerprint density at radius 1 is 0.579 bits per heavy atom. The average Bonchev–Trinajstić information content (AvgIpc) is 3.90. The van der Waals surface area contributed by atoms with Crippen LogP contribution in [0.1, 0.15) is 28.7 Å². The van der Waals surface area contributed by atoms with Crippen LogP contribution in [-0.2, 0) is 13.1 Å². The Balaban J connectivity index is 1.02. The standard InChI is InChI=1S/C53H36N4/c1-54-46-19-9-6-18-42(46)52(38-23-22-33-12-2-3-13-34(33)28-38)55-32-56-47-20-10-7-16-40(47)43-29-35(24-26-48(43)56)36-25-27-50-45(30-36)51-39-15-5-4-14-37(39)31-44-41-17-8-11-21-49(41)57(50)53(44)51/h2,4-12,14-31H,1,3,13,32H2/b55-52-. The second-order valence-corrected chi connectivity index (χ2v) is 15.3. The van der Waals surface area contributed by atoms with E-state index in [0.717, 1.165) is 46.4 Å². The van der Waals surface area contributed by atoms with Crippen molar-refractivity contribution in [2.24, 2.45) is 9.98 Å². The van der Waals surface area contributed by atoms with Crippen molar-refractivity contribution in [1.82, 2.24) is 8.97 Å². The van der Waals surface area contributed by atoms with Crippen LogP contribution >= 0.6 is 0 Å². The topological polar surface area (TPSA) is 34.1 Å². The fourth-order valence-corrected chi connectivity index (χ4v) is 9.68. The van der Waals surface area contributed by atoms with Gasteiger partial charge in [0.15, 0.2) is 0 Å². The number of para-hydroxylation sites is 3. The van der Waals surface area contributed by atoms with Crippen molar-refractivity contribution >= 4 is 94.9 Å². The summed E-state index contributed by atoms with van der Waals surface area (Å²) in [6.07, 6.45) is 6.58. The normalized spacial score (nSPS) is 13.3. The van der Waals surface area contributed by atoms with Crippen molar-refractivity contribution < 1.29 is 0 Å². The molecule has 0 amide bonds. The number of nitrogens with zero attached hydrogens (tertiary/aromatic N) is 4. The van der Waals surface area contributed by atoms with Crippen LogP contribution in [0.15, 0.2) is 174 Å². The number of hydrogen-bond donors (Lipinski definition) is 0. The van der Waals surface area contributed by atoms with E-state index in [0.29, 0.717) is 6.67 Å². The molecule has 0 saturated heterocycles. The van der Waals surface area contributed by atoms with Gasteiger partial charge in [-0.1, -0.05) is 115 Å². The molecule has 0 saturated carbocycles. The van der Waals surface area contributed by atoms with Crippen LogP contribution < -0.4 is 0 Å². The predicted octanol–water partition coefficient (Wildman–Crippen LogP) is 13.6. The lowest BCUT2D eigenvalue weighted by molar-refractivity contribution is 0.793. The molecule has 1 aliphatic carbocycles. The summed E-state index contributed by atoms with van der Waals surface area (Å²) >= 11 is 0. The van der Waals surface area contributed by atoms with Crippen molar-refractivity contribution in [1.29, 1.82) is 0 Å². The van der Waals surface area contributed by atoms with Gasteiger partial charge in [-0.2, -0.15) is 0 Å². The highest BCUT2D eigenvalue weighted by atomic mass is 15.1. The van der Waals surface area contributed by atoms with E-state index in [1.54, 1.807) is 0 Å². The number of aromatic nitrogens is 2. The Bertz CT molecular complexity index is 3520. The molecular weight excluding hydrogens is 693 g/mol. The highest BCUT2D eigenvalue weighted by Gasteiger charge is 2.21. The minimum absolute atomic E-state index is 0.462. The quantitative estimate of drug-likeness (QED) is 0.153. The van der Waals surface area contributed by atoms with Crippen molar-refractivity contribution in [3.05, 3.63) is 186 Å². The molecule has 4 heteroatoms. The fraction of sp³-hybridized carbons (Fsp3) is 0.0566. The fourth-order valence-electron chi connectivity index (χ4n) is 9.68. The zero-order valence-electron chi connectivity index (χ0n) is 31.3. The van der Waals surface area contributed by atoms with Gasteiger partial charge in [-0.15, -0.1) is 0 Å². The van der Waals surface area contributed by atoms with E-state index in [9.17, 15) is 0 Å². The SMILES string of the molecule is C=Nc1ccccc1/C(=N\Cn1c2ccccc2c2cc(-c3ccc4c(c3)c3c5ccccc5cc5c6ccccc6n4c53)ccc21)c1ccc2c(c1)CCC=C2. The molecule has 268 valence electrons. The van der Waals surface area contributed by atoms with Gasteiger partial charge in [0.25, 0.3) is 0 Å². The smallest absolute Gasteiger partial charge is 0.115 e. The summed E-state index contributed by atoms with van der Waals surface area (Å²) in [6.45, 7) is 4.37. The molecule has 11 aromatic rings. The molecule has 57 heavy (non-hydrogen) atoms. The number of fused-ring (bicyclic) bond motifs is 12. The molecule has 0 atom stereocenters. The highest BCUT2D eigenvalue weighted by molar-refractivity contribution is 6.31. The van der Waals surface area contributed by atoms with Crippen molar-refractivity contribution in [2.45, 2.75) is 19.5 Å². The second kappa shape index (κ2) is 12.4. The van der Waals surface area contributed by atoms with Crippen LogP contribution in [0.4, 0.5) is 5.69 Å². The van der Waals surface area contributed by atoms with Gasteiger partial charge < -0.3 is 8.97 Å². The lowest BCUT2D eigenvalue weighted by Gasteiger charge is -2.15. The van der Waals surface area contributed by atoms with Gasteiger partial charge in [-0.25, -0.2) is 0 Å². The van der Waals surface area contributed by atoms with Crippen LogP contribution in [0, 0.1) is 0 Å². The molecule has 4 nitrogen and oxygen atoms in total. The van der Waals surface area contributed by atoms with Gasteiger partial charge in [0, 0.05) is 43.4 Å². The third-order valence-electron chi connectivity index (χ3n) is 12.3. The first-order chi connectivity index (χ1) is 28.2. The molecule has 0 spiro atoms. The maximum Gasteiger partial charge on any atom is 0.115 e. The Hall–Kier alpha value is -7.30. The monoisotopic (exact) mass is 728 g/mol. The summed E-state index contributed by atoms with van der Waals surface area (Å²) in [5, 5.41) is 10.2. The lowest BCUT2D eigenvalue weighted by Crippen LogP contribution is -2.08. The van der Waals surface area contributed by atoms with E-state index >= 15 is 0 Å². The highest BCUT2D eigenvalue weighted by Crippen LogP contribution is 2.44. The van der Waals surface area contributed by atoms with Crippen LogP contribution in [0.3, 0.4) is 0 Å². The van der Waals surface area contributed by atoms with Crippen molar-refractivity contribution in [3.63, 3.8) is 0 Å². The Kier molecular flexibility index (Phi) is 6.93. The molecule has 0 aliphatic heterocycles. The molecule has 0 radical (unpaired) electrons. The summed E-state index contributed by atoms with van der Waals surface area (Å²) in [4.78, 5) is 9.84. The summed E-state index contributed by atoms with van der Waals surface area (Å²) in [5.41, 5.74) is 15.0. The number of hydrogen-bond acceptors (Lipinski definition) is 2.